The highest BCUT2D eigenvalue weighted by molar-refractivity contribution is 7.90. The molecule has 1 amide bonds. The van der Waals surface area contributed by atoms with Gasteiger partial charge in [-0.1, -0.05) is 11.6 Å². The van der Waals surface area contributed by atoms with Gasteiger partial charge < -0.3 is 4.90 Å². The molecule has 0 spiro atoms. The van der Waals surface area contributed by atoms with Gasteiger partial charge in [0.25, 0.3) is 11.6 Å². The first-order valence-electron chi connectivity index (χ1n) is 8.94. The van der Waals surface area contributed by atoms with Crippen molar-refractivity contribution >= 4 is 43.1 Å². The number of carbonyl (C=O) groups is 1. The van der Waals surface area contributed by atoms with Crippen molar-refractivity contribution in [2.45, 2.75) is 9.79 Å². The summed E-state index contributed by atoms with van der Waals surface area (Å²) >= 11 is 5.80. The second kappa shape index (κ2) is 8.54. The minimum absolute atomic E-state index is 0.0184. The number of nitro benzene ring substituents is 1. The Morgan fingerprint density at radius 3 is 2.06 bits per heavy atom. The van der Waals surface area contributed by atoms with Gasteiger partial charge in [-0.3, -0.25) is 14.9 Å². The van der Waals surface area contributed by atoms with Gasteiger partial charge in [-0.05, 0) is 30.3 Å². The Hall–Kier alpha value is -2.54. The molecule has 1 aliphatic heterocycles. The average Bonchev–Trinajstić information content (AvgIpc) is 2.72. The molecule has 1 fully saturated rings. The van der Waals surface area contributed by atoms with Crippen molar-refractivity contribution in [3.8, 4) is 0 Å². The fourth-order valence-electron chi connectivity index (χ4n) is 3.10. The van der Waals surface area contributed by atoms with E-state index >= 15 is 0 Å². The Kier molecular flexibility index (Phi) is 6.37. The third-order valence-corrected chi connectivity index (χ3v) is 8.01. The number of benzene rings is 2. The molecular weight excluding hydrogens is 470 g/mol. The van der Waals surface area contributed by atoms with E-state index in [-0.39, 0.29) is 41.5 Å². The Balaban J connectivity index is 1.80. The second-order valence-electron chi connectivity index (χ2n) is 6.90. The molecule has 0 atom stereocenters. The summed E-state index contributed by atoms with van der Waals surface area (Å²) in [6, 6.07) is 8.71. The van der Waals surface area contributed by atoms with E-state index in [9.17, 15) is 31.7 Å². The van der Waals surface area contributed by atoms with Crippen LogP contribution in [0.3, 0.4) is 0 Å². The fraction of sp³-hybridized carbons (Fsp3) is 0.278. The normalized spacial score (nSPS) is 15.6. The number of non-ortho nitro benzene ring substituents is 1. The zero-order chi connectivity index (χ0) is 23.0. The number of hydrogen-bond donors (Lipinski definition) is 0. The molecule has 0 aliphatic carbocycles. The van der Waals surface area contributed by atoms with Gasteiger partial charge in [0.2, 0.25) is 10.0 Å². The van der Waals surface area contributed by atoms with Crippen LogP contribution in [0.25, 0.3) is 0 Å². The van der Waals surface area contributed by atoms with Gasteiger partial charge in [0.05, 0.1) is 14.7 Å². The predicted molar refractivity (Wildman–Crippen MR) is 112 cm³/mol. The Bertz CT molecular complexity index is 1240. The summed E-state index contributed by atoms with van der Waals surface area (Å²) < 4.78 is 50.4. The Morgan fingerprint density at radius 2 is 1.55 bits per heavy atom. The van der Waals surface area contributed by atoms with Crippen LogP contribution >= 0.6 is 11.6 Å². The maximum absolute atomic E-state index is 12.8. The number of sulfonamides is 1. The summed E-state index contributed by atoms with van der Waals surface area (Å²) in [6.07, 6.45) is 0.890. The highest BCUT2D eigenvalue weighted by Crippen LogP contribution is 2.24. The van der Waals surface area contributed by atoms with Crippen LogP contribution in [-0.4, -0.2) is 69.3 Å². The van der Waals surface area contributed by atoms with Crippen molar-refractivity contribution in [1.82, 2.24) is 9.21 Å². The molecule has 0 aromatic heterocycles. The van der Waals surface area contributed by atoms with Crippen LogP contribution in [0, 0.1) is 10.1 Å². The van der Waals surface area contributed by atoms with Gasteiger partial charge in [-0.25, -0.2) is 16.8 Å². The molecule has 0 unspecified atom stereocenters. The largest absolute Gasteiger partial charge is 0.336 e. The number of rotatable bonds is 5. The van der Waals surface area contributed by atoms with E-state index < -0.39 is 36.4 Å². The summed E-state index contributed by atoms with van der Waals surface area (Å²) in [5.74, 6) is -0.614. The van der Waals surface area contributed by atoms with E-state index in [2.05, 4.69) is 0 Å². The maximum atomic E-state index is 12.8. The SMILES string of the molecule is CS(=O)(=O)c1cc(C(=O)N2CCN(S(=O)(=O)c3ccc(Cl)cc3)CC2)cc([N+](=O)[O-])c1. The molecule has 2 aromatic carbocycles. The maximum Gasteiger partial charge on any atom is 0.271 e. The lowest BCUT2D eigenvalue weighted by Gasteiger charge is -2.34. The first-order valence-corrected chi connectivity index (χ1v) is 12.6. The van der Waals surface area contributed by atoms with Gasteiger partial charge >= 0.3 is 0 Å². The van der Waals surface area contributed by atoms with Gasteiger partial charge in [0.15, 0.2) is 9.84 Å². The van der Waals surface area contributed by atoms with E-state index in [1.165, 1.54) is 33.5 Å². The smallest absolute Gasteiger partial charge is 0.271 e. The van der Waals surface area contributed by atoms with Crippen LogP contribution in [0.2, 0.25) is 5.02 Å². The first-order chi connectivity index (χ1) is 14.4. The zero-order valence-corrected chi connectivity index (χ0v) is 18.7. The average molecular weight is 488 g/mol. The number of nitro groups is 1. The van der Waals surface area contributed by atoms with E-state index in [1.54, 1.807) is 0 Å². The number of piperazine rings is 1. The van der Waals surface area contributed by atoms with Crippen LogP contribution in [0.4, 0.5) is 5.69 Å². The molecule has 0 N–H and O–H groups in total. The van der Waals surface area contributed by atoms with Crippen molar-refractivity contribution in [3.63, 3.8) is 0 Å². The van der Waals surface area contributed by atoms with Crippen LogP contribution in [0.5, 0.6) is 0 Å². The van der Waals surface area contributed by atoms with Crippen LogP contribution in [-0.2, 0) is 19.9 Å². The van der Waals surface area contributed by atoms with Crippen molar-refractivity contribution in [2.24, 2.45) is 0 Å². The number of nitrogens with zero attached hydrogens (tertiary/aromatic N) is 3. The molecule has 1 saturated heterocycles. The highest BCUT2D eigenvalue weighted by atomic mass is 35.5. The Morgan fingerprint density at radius 1 is 0.968 bits per heavy atom. The molecule has 2 aromatic rings. The highest BCUT2D eigenvalue weighted by Gasteiger charge is 2.31. The van der Waals surface area contributed by atoms with Crippen LogP contribution < -0.4 is 0 Å². The molecular formula is C18H18ClN3O7S2. The van der Waals surface area contributed by atoms with Gasteiger partial charge in [-0.15, -0.1) is 0 Å². The third kappa shape index (κ3) is 5.03. The Labute approximate surface area is 184 Å². The number of amides is 1. The lowest BCUT2D eigenvalue weighted by Crippen LogP contribution is -2.50. The molecule has 3 rings (SSSR count). The number of halogens is 1. The lowest BCUT2D eigenvalue weighted by atomic mass is 10.1. The molecule has 1 heterocycles. The molecule has 13 heteroatoms. The summed E-state index contributed by atoms with van der Waals surface area (Å²) in [5, 5.41) is 11.5. The van der Waals surface area contributed by atoms with Gasteiger partial charge in [-0.2, -0.15) is 4.31 Å². The standard InChI is InChI=1S/C18H18ClN3O7S2/c1-30(26,27)17-11-13(10-15(12-17)22(24)25)18(23)20-6-8-21(9-7-20)31(28,29)16-4-2-14(19)3-5-16/h2-5,10-12H,6-9H2,1H3. The summed E-state index contributed by atoms with van der Waals surface area (Å²) in [7, 11) is -7.55. The number of carbonyl (C=O) groups excluding carboxylic acids is 1. The van der Waals surface area contributed by atoms with Crippen molar-refractivity contribution in [1.29, 1.82) is 0 Å². The van der Waals surface area contributed by atoms with Crippen LogP contribution in [0.1, 0.15) is 10.4 Å². The zero-order valence-electron chi connectivity index (χ0n) is 16.3. The van der Waals surface area contributed by atoms with Crippen molar-refractivity contribution < 1.29 is 26.6 Å². The lowest BCUT2D eigenvalue weighted by molar-refractivity contribution is -0.385. The molecule has 166 valence electrons. The molecule has 1 aliphatic rings. The molecule has 31 heavy (non-hydrogen) atoms. The number of hydrogen-bond acceptors (Lipinski definition) is 7. The van der Waals surface area contributed by atoms with Crippen LogP contribution in [0.15, 0.2) is 52.3 Å². The minimum Gasteiger partial charge on any atom is -0.336 e. The summed E-state index contributed by atoms with van der Waals surface area (Å²) in [4.78, 5) is 24.3. The molecule has 0 saturated carbocycles. The summed E-state index contributed by atoms with van der Waals surface area (Å²) in [5.41, 5.74) is -0.668. The van der Waals surface area contributed by atoms with E-state index in [0.29, 0.717) is 5.02 Å². The first kappa shape index (κ1) is 23.1. The van der Waals surface area contributed by atoms with E-state index in [4.69, 9.17) is 11.6 Å². The quantitative estimate of drug-likeness (QED) is 0.463. The summed E-state index contributed by atoms with van der Waals surface area (Å²) in [6.45, 7) is 0.125. The van der Waals surface area contributed by atoms with Gasteiger partial charge in [0, 0.05) is 55.2 Å². The number of sulfone groups is 1. The van der Waals surface area contributed by atoms with Gasteiger partial charge in [0.1, 0.15) is 0 Å². The topological polar surface area (TPSA) is 135 Å². The molecule has 10 nitrogen and oxygen atoms in total. The third-order valence-electron chi connectivity index (χ3n) is 4.75. The van der Waals surface area contributed by atoms with Crippen molar-refractivity contribution in [2.75, 3.05) is 32.4 Å². The minimum atomic E-state index is -3.78. The monoisotopic (exact) mass is 487 g/mol. The molecule has 0 radical (unpaired) electrons. The predicted octanol–water partition coefficient (Wildman–Crippen LogP) is 1.80. The fourth-order valence-corrected chi connectivity index (χ4v) is 5.32. The second-order valence-corrected chi connectivity index (χ2v) is 11.3. The van der Waals surface area contributed by atoms with E-state index in [0.717, 1.165) is 24.5 Å². The van der Waals surface area contributed by atoms with E-state index in [1.807, 2.05) is 0 Å². The molecule has 0 bridgehead atoms. The van der Waals surface area contributed by atoms with Crippen molar-refractivity contribution in [3.05, 3.63) is 63.2 Å².